The zero-order valence-corrected chi connectivity index (χ0v) is 22.3. The molecular weight excluding hydrogens is 488 g/mol. The number of benzene rings is 1. The third kappa shape index (κ3) is 7.12. The van der Waals surface area contributed by atoms with Gasteiger partial charge < -0.3 is 19.6 Å². The average Bonchev–Trinajstić information content (AvgIpc) is 3.28. The Bertz CT molecular complexity index is 1200. The summed E-state index contributed by atoms with van der Waals surface area (Å²) < 4.78 is 11.2. The third-order valence-corrected chi connectivity index (χ3v) is 7.18. The lowest BCUT2D eigenvalue weighted by molar-refractivity contribution is 0.0833. The molecular formula is C28H36N4O4S. The Morgan fingerprint density at radius 2 is 2.11 bits per heavy atom. The summed E-state index contributed by atoms with van der Waals surface area (Å²) in [5.74, 6) is 1.53. The Morgan fingerprint density at radius 3 is 2.86 bits per heavy atom. The highest BCUT2D eigenvalue weighted by molar-refractivity contribution is 7.59. The number of carbonyl (C=O) groups is 1. The quantitative estimate of drug-likeness (QED) is 0.356. The number of ether oxygens (including phenoxy) is 1. The number of nitrogens with one attached hydrogen (secondary N) is 1. The minimum atomic E-state index is -0.556. The van der Waals surface area contributed by atoms with Gasteiger partial charge in [0, 0.05) is 44.0 Å². The first-order chi connectivity index (χ1) is 17.5. The first-order valence-electron chi connectivity index (χ1n) is 12.8. The summed E-state index contributed by atoms with van der Waals surface area (Å²) in [5.41, 5.74) is 4.77. The summed E-state index contributed by atoms with van der Waals surface area (Å²) in [5, 5.41) is 14.1. The Balaban J connectivity index is 0.00000320. The molecule has 3 aromatic rings. The highest BCUT2D eigenvalue weighted by Gasteiger charge is 2.21. The number of rotatable bonds is 11. The molecule has 1 aromatic carbocycles. The van der Waals surface area contributed by atoms with E-state index in [9.17, 15) is 9.90 Å². The summed E-state index contributed by atoms with van der Waals surface area (Å²) in [4.78, 5) is 23.3. The SMILES string of the molecule is Cc1ncoc1COc1ccc2c(c1)CCN(C[C@@H](O)CCC(=O)c1cc(NC3CCC3)ccn1)C2.S. The van der Waals surface area contributed by atoms with E-state index in [1.165, 1.54) is 36.8 Å². The smallest absolute Gasteiger partial charge is 0.181 e. The number of anilines is 1. The van der Waals surface area contributed by atoms with Crippen molar-refractivity contribution in [2.24, 2.45) is 0 Å². The minimum absolute atomic E-state index is 0. The van der Waals surface area contributed by atoms with Crippen molar-refractivity contribution in [3.63, 3.8) is 0 Å². The largest absolute Gasteiger partial charge is 0.486 e. The molecule has 2 aliphatic rings. The van der Waals surface area contributed by atoms with Crippen molar-refractivity contribution < 1.29 is 19.1 Å². The van der Waals surface area contributed by atoms with Crippen LogP contribution in [0.1, 0.15) is 65.2 Å². The molecule has 0 spiro atoms. The fourth-order valence-corrected chi connectivity index (χ4v) is 4.72. The van der Waals surface area contributed by atoms with Crippen LogP contribution in [0.25, 0.3) is 0 Å². The minimum Gasteiger partial charge on any atom is -0.486 e. The zero-order valence-electron chi connectivity index (χ0n) is 21.3. The van der Waals surface area contributed by atoms with Crippen LogP contribution in [0.5, 0.6) is 5.75 Å². The van der Waals surface area contributed by atoms with Gasteiger partial charge in [0.2, 0.25) is 0 Å². The molecule has 0 bridgehead atoms. The maximum atomic E-state index is 12.7. The molecule has 198 valence electrons. The van der Waals surface area contributed by atoms with Crippen LogP contribution in [-0.4, -0.2) is 51.0 Å². The van der Waals surface area contributed by atoms with Gasteiger partial charge in [-0.1, -0.05) is 6.07 Å². The van der Waals surface area contributed by atoms with E-state index in [4.69, 9.17) is 9.15 Å². The van der Waals surface area contributed by atoms with Crippen molar-refractivity contribution in [3.8, 4) is 5.75 Å². The van der Waals surface area contributed by atoms with Gasteiger partial charge in [0.1, 0.15) is 18.1 Å². The summed E-state index contributed by atoms with van der Waals surface area (Å²) in [6.07, 6.45) is 7.78. The maximum Gasteiger partial charge on any atom is 0.181 e. The van der Waals surface area contributed by atoms with E-state index in [1.54, 1.807) is 6.20 Å². The Hall–Kier alpha value is -2.88. The van der Waals surface area contributed by atoms with Crippen molar-refractivity contribution in [3.05, 3.63) is 71.2 Å². The number of carbonyl (C=O) groups excluding carboxylic acids is 1. The third-order valence-electron chi connectivity index (χ3n) is 7.18. The summed E-state index contributed by atoms with van der Waals surface area (Å²) in [6, 6.07) is 10.4. The number of oxazole rings is 1. The fourth-order valence-electron chi connectivity index (χ4n) is 4.72. The van der Waals surface area contributed by atoms with Crippen LogP contribution in [0, 0.1) is 6.92 Å². The molecule has 1 aliphatic carbocycles. The van der Waals surface area contributed by atoms with E-state index in [0.29, 0.717) is 31.3 Å². The van der Waals surface area contributed by atoms with E-state index in [0.717, 1.165) is 42.4 Å². The fraction of sp³-hybridized carbons (Fsp3) is 0.464. The normalized spacial score (nSPS) is 16.3. The van der Waals surface area contributed by atoms with Gasteiger partial charge in [-0.2, -0.15) is 13.5 Å². The van der Waals surface area contributed by atoms with E-state index in [-0.39, 0.29) is 25.7 Å². The molecule has 1 atom stereocenters. The molecule has 37 heavy (non-hydrogen) atoms. The molecule has 8 nitrogen and oxygen atoms in total. The molecule has 0 amide bonds. The van der Waals surface area contributed by atoms with Gasteiger partial charge in [-0.3, -0.25) is 14.7 Å². The lowest BCUT2D eigenvalue weighted by atomic mass is 9.93. The van der Waals surface area contributed by atoms with E-state index < -0.39 is 6.10 Å². The van der Waals surface area contributed by atoms with Crippen molar-refractivity contribution in [1.82, 2.24) is 14.9 Å². The van der Waals surface area contributed by atoms with Crippen LogP contribution in [0.15, 0.2) is 47.3 Å². The molecule has 0 unspecified atom stereocenters. The lowest BCUT2D eigenvalue weighted by Crippen LogP contribution is -2.36. The summed E-state index contributed by atoms with van der Waals surface area (Å²) >= 11 is 0. The maximum absolute atomic E-state index is 12.7. The number of aromatic nitrogens is 2. The van der Waals surface area contributed by atoms with Gasteiger partial charge in [0.25, 0.3) is 0 Å². The average molecular weight is 525 g/mol. The van der Waals surface area contributed by atoms with Crippen LogP contribution in [0.3, 0.4) is 0 Å². The van der Waals surface area contributed by atoms with Crippen LogP contribution in [0.2, 0.25) is 0 Å². The van der Waals surface area contributed by atoms with Crippen molar-refractivity contribution in [1.29, 1.82) is 0 Å². The molecule has 9 heteroatoms. The van der Waals surface area contributed by atoms with Crippen LogP contribution in [0.4, 0.5) is 5.69 Å². The predicted octanol–water partition coefficient (Wildman–Crippen LogP) is 4.42. The summed E-state index contributed by atoms with van der Waals surface area (Å²) in [6.45, 7) is 4.44. The van der Waals surface area contributed by atoms with E-state index in [1.807, 2.05) is 25.1 Å². The van der Waals surface area contributed by atoms with Gasteiger partial charge in [0.15, 0.2) is 17.9 Å². The van der Waals surface area contributed by atoms with Crippen LogP contribution in [-0.2, 0) is 19.6 Å². The standard InChI is InChI=1S/C28H34N4O4.H2S/c1-19-28(36-18-30-19)17-35-25-7-5-21-15-32(12-10-20(21)13-25)16-24(33)6-8-27(34)26-14-23(9-11-29-26)31-22-3-2-4-22;/h5,7,9,11,13-14,18,22,24,33H,2-4,6,8,10,12,15-17H2,1H3,(H,29,31);1H2/t24-;/m0./s1. The molecule has 3 heterocycles. The number of aliphatic hydroxyl groups is 1. The molecule has 0 radical (unpaired) electrons. The second-order valence-electron chi connectivity index (χ2n) is 9.88. The second kappa shape index (κ2) is 12.6. The van der Waals surface area contributed by atoms with Gasteiger partial charge in [-0.25, -0.2) is 4.98 Å². The monoisotopic (exact) mass is 524 g/mol. The highest BCUT2D eigenvalue weighted by atomic mass is 32.1. The van der Waals surface area contributed by atoms with Crippen LogP contribution < -0.4 is 10.1 Å². The van der Waals surface area contributed by atoms with E-state index >= 15 is 0 Å². The van der Waals surface area contributed by atoms with Gasteiger partial charge >= 0.3 is 0 Å². The molecule has 1 saturated carbocycles. The highest BCUT2D eigenvalue weighted by Crippen LogP contribution is 2.26. The first-order valence-corrected chi connectivity index (χ1v) is 12.8. The number of hydrogen-bond donors (Lipinski definition) is 2. The number of hydrogen-bond acceptors (Lipinski definition) is 8. The Morgan fingerprint density at radius 1 is 1.24 bits per heavy atom. The first kappa shape index (κ1) is 27.2. The van der Waals surface area contributed by atoms with Crippen molar-refractivity contribution in [2.45, 2.75) is 70.7 Å². The molecule has 2 N–H and O–H groups in total. The number of nitrogens with zero attached hydrogens (tertiary/aromatic N) is 3. The predicted molar refractivity (Wildman–Crippen MR) is 146 cm³/mol. The number of aryl methyl sites for hydroxylation is 1. The number of pyridine rings is 1. The number of fused-ring (bicyclic) bond motifs is 1. The molecule has 5 rings (SSSR count). The second-order valence-corrected chi connectivity index (χ2v) is 9.88. The van der Waals surface area contributed by atoms with Crippen LogP contribution >= 0.6 is 13.5 Å². The lowest BCUT2D eigenvalue weighted by Gasteiger charge is -2.30. The zero-order chi connectivity index (χ0) is 24.9. The summed E-state index contributed by atoms with van der Waals surface area (Å²) in [7, 11) is 0. The molecule has 1 aliphatic heterocycles. The number of ketones is 1. The number of Topliss-reactive ketones (excluding diaryl/α,β-unsaturated/α-hetero) is 1. The topological polar surface area (TPSA) is 101 Å². The van der Waals surface area contributed by atoms with Crippen molar-refractivity contribution >= 4 is 25.0 Å². The Kier molecular flexibility index (Phi) is 9.23. The van der Waals surface area contributed by atoms with Gasteiger partial charge in [-0.15, -0.1) is 0 Å². The molecule has 1 fully saturated rings. The Labute approximate surface area is 224 Å². The number of aliphatic hydroxyl groups excluding tert-OH is 1. The number of β-amino-alcohol motifs (C(OH)–C–C–N with tert-alkyl or cyclic N) is 1. The molecule has 0 saturated heterocycles. The van der Waals surface area contributed by atoms with Crippen molar-refractivity contribution in [2.75, 3.05) is 18.4 Å². The van der Waals surface area contributed by atoms with Gasteiger partial charge in [-0.05, 0) is 74.4 Å². The van der Waals surface area contributed by atoms with E-state index in [2.05, 4.69) is 32.3 Å². The molecule has 2 aromatic heterocycles. The van der Waals surface area contributed by atoms with Gasteiger partial charge in [0.05, 0.1) is 11.8 Å².